The maximum Gasteiger partial charge on any atom is 0.0895 e. The Bertz CT molecular complexity index is 398. The third-order valence-electron chi connectivity index (χ3n) is 3.45. The minimum atomic E-state index is -0.686. The number of aryl methyl sites for hydroxylation is 2. The molecule has 0 aromatic heterocycles. The Balaban J connectivity index is 2.80. The Morgan fingerprint density at radius 2 is 1.68 bits per heavy atom. The Morgan fingerprint density at radius 3 is 2.11 bits per heavy atom. The molecule has 1 aromatic rings. The fraction of sp³-hybridized carbons (Fsp3) is 0.625. The standard InChI is InChI=1S/C16H27NO2/c1-11-6-13(16(3,4)5)7-12(2)15(11)9-17-8-14(19)10-18/h6-7,14,17-19H,8-10H2,1-5H3. The Hall–Kier alpha value is -0.900. The number of aliphatic hydroxyl groups excluding tert-OH is 2. The Labute approximate surface area is 116 Å². The third kappa shape index (κ3) is 4.60. The van der Waals surface area contributed by atoms with Crippen LogP contribution in [-0.4, -0.2) is 29.5 Å². The highest BCUT2D eigenvalue weighted by atomic mass is 16.3. The monoisotopic (exact) mass is 265 g/mol. The van der Waals surface area contributed by atoms with Crippen molar-refractivity contribution < 1.29 is 10.2 Å². The molecule has 1 aromatic carbocycles. The number of aliphatic hydroxyl groups is 2. The molecule has 0 heterocycles. The number of benzene rings is 1. The van der Waals surface area contributed by atoms with Gasteiger partial charge in [-0.15, -0.1) is 0 Å². The molecule has 3 N–H and O–H groups in total. The molecule has 0 radical (unpaired) electrons. The van der Waals surface area contributed by atoms with E-state index < -0.39 is 6.10 Å². The smallest absolute Gasteiger partial charge is 0.0895 e. The van der Waals surface area contributed by atoms with Crippen LogP contribution in [-0.2, 0) is 12.0 Å². The van der Waals surface area contributed by atoms with Gasteiger partial charge < -0.3 is 15.5 Å². The molecular formula is C16H27NO2. The van der Waals surface area contributed by atoms with E-state index in [-0.39, 0.29) is 12.0 Å². The van der Waals surface area contributed by atoms with Gasteiger partial charge in [-0.25, -0.2) is 0 Å². The lowest BCUT2D eigenvalue weighted by Crippen LogP contribution is -2.29. The van der Waals surface area contributed by atoms with Crippen LogP contribution in [0.2, 0.25) is 0 Å². The molecule has 0 amide bonds. The first-order valence-electron chi connectivity index (χ1n) is 6.86. The van der Waals surface area contributed by atoms with Crippen molar-refractivity contribution >= 4 is 0 Å². The highest BCUT2D eigenvalue weighted by Crippen LogP contribution is 2.26. The lowest BCUT2D eigenvalue weighted by Gasteiger charge is -2.22. The highest BCUT2D eigenvalue weighted by Gasteiger charge is 2.16. The summed E-state index contributed by atoms with van der Waals surface area (Å²) in [5, 5.41) is 21.3. The average Bonchev–Trinajstić information content (AvgIpc) is 2.30. The second-order valence-corrected chi connectivity index (χ2v) is 6.31. The van der Waals surface area contributed by atoms with Crippen molar-refractivity contribution in [3.05, 3.63) is 34.4 Å². The fourth-order valence-corrected chi connectivity index (χ4v) is 2.13. The molecule has 0 aliphatic carbocycles. The maximum atomic E-state index is 9.31. The second-order valence-electron chi connectivity index (χ2n) is 6.31. The van der Waals surface area contributed by atoms with Crippen LogP contribution in [0.25, 0.3) is 0 Å². The van der Waals surface area contributed by atoms with E-state index in [0.29, 0.717) is 6.54 Å². The zero-order valence-electron chi connectivity index (χ0n) is 12.7. The molecule has 19 heavy (non-hydrogen) atoms. The van der Waals surface area contributed by atoms with Gasteiger partial charge in [0.1, 0.15) is 0 Å². The van der Waals surface area contributed by atoms with Crippen molar-refractivity contribution in [3.8, 4) is 0 Å². The first-order valence-corrected chi connectivity index (χ1v) is 6.86. The minimum absolute atomic E-state index is 0.161. The van der Waals surface area contributed by atoms with Gasteiger partial charge in [-0.3, -0.25) is 0 Å². The number of nitrogens with one attached hydrogen (secondary N) is 1. The summed E-state index contributed by atoms with van der Waals surface area (Å²) in [7, 11) is 0. The summed E-state index contributed by atoms with van der Waals surface area (Å²) in [6.07, 6.45) is -0.686. The van der Waals surface area contributed by atoms with Gasteiger partial charge in [-0.2, -0.15) is 0 Å². The van der Waals surface area contributed by atoms with Crippen molar-refractivity contribution in [2.45, 2.75) is 52.7 Å². The van der Waals surface area contributed by atoms with Crippen LogP contribution in [0.3, 0.4) is 0 Å². The van der Waals surface area contributed by atoms with Gasteiger partial charge in [0.05, 0.1) is 12.7 Å². The predicted octanol–water partition coefficient (Wildman–Crippen LogP) is 2.04. The number of hydrogen-bond acceptors (Lipinski definition) is 3. The fourth-order valence-electron chi connectivity index (χ4n) is 2.13. The van der Waals surface area contributed by atoms with Crippen molar-refractivity contribution in [1.82, 2.24) is 5.32 Å². The minimum Gasteiger partial charge on any atom is -0.394 e. The molecule has 108 valence electrons. The molecule has 1 atom stereocenters. The van der Waals surface area contributed by atoms with E-state index in [4.69, 9.17) is 5.11 Å². The van der Waals surface area contributed by atoms with E-state index in [1.165, 1.54) is 22.3 Å². The van der Waals surface area contributed by atoms with Crippen LogP contribution in [0, 0.1) is 13.8 Å². The average molecular weight is 265 g/mol. The van der Waals surface area contributed by atoms with Crippen LogP contribution < -0.4 is 5.32 Å². The molecule has 0 aliphatic rings. The van der Waals surface area contributed by atoms with Gasteiger partial charge in [0.2, 0.25) is 0 Å². The summed E-state index contributed by atoms with van der Waals surface area (Å²) in [6.45, 7) is 11.8. The summed E-state index contributed by atoms with van der Waals surface area (Å²) >= 11 is 0. The Kier molecular flexibility index (Phi) is 5.53. The molecule has 0 saturated heterocycles. The molecule has 1 rings (SSSR count). The summed E-state index contributed by atoms with van der Waals surface area (Å²) < 4.78 is 0. The van der Waals surface area contributed by atoms with Crippen LogP contribution in [0.4, 0.5) is 0 Å². The topological polar surface area (TPSA) is 52.5 Å². The molecule has 3 nitrogen and oxygen atoms in total. The van der Waals surface area contributed by atoms with E-state index in [9.17, 15) is 5.11 Å². The Morgan fingerprint density at radius 1 is 1.16 bits per heavy atom. The van der Waals surface area contributed by atoms with Gasteiger partial charge in [0.15, 0.2) is 0 Å². The first-order chi connectivity index (χ1) is 8.75. The molecule has 0 fully saturated rings. The maximum absolute atomic E-state index is 9.31. The van der Waals surface area contributed by atoms with Crippen molar-refractivity contribution in [3.63, 3.8) is 0 Å². The molecule has 0 aliphatic heterocycles. The predicted molar refractivity (Wildman–Crippen MR) is 79.4 cm³/mol. The molecular weight excluding hydrogens is 238 g/mol. The molecule has 3 heteroatoms. The SMILES string of the molecule is Cc1cc(C(C)(C)C)cc(C)c1CNCC(O)CO. The summed E-state index contributed by atoms with van der Waals surface area (Å²) in [6, 6.07) is 4.49. The zero-order valence-corrected chi connectivity index (χ0v) is 12.7. The quantitative estimate of drug-likeness (QED) is 0.763. The number of rotatable bonds is 5. The summed E-state index contributed by atoms with van der Waals surface area (Å²) in [5.74, 6) is 0. The lowest BCUT2D eigenvalue weighted by atomic mass is 9.84. The van der Waals surface area contributed by atoms with Crippen molar-refractivity contribution in [2.24, 2.45) is 0 Å². The van der Waals surface area contributed by atoms with E-state index in [2.05, 4.69) is 52.1 Å². The zero-order chi connectivity index (χ0) is 14.6. The largest absolute Gasteiger partial charge is 0.394 e. The number of hydrogen-bond donors (Lipinski definition) is 3. The molecule has 1 unspecified atom stereocenters. The van der Waals surface area contributed by atoms with Gasteiger partial charge in [-0.05, 0) is 41.5 Å². The van der Waals surface area contributed by atoms with Gasteiger partial charge >= 0.3 is 0 Å². The van der Waals surface area contributed by atoms with Crippen LogP contribution >= 0.6 is 0 Å². The van der Waals surface area contributed by atoms with Crippen LogP contribution in [0.1, 0.15) is 43.0 Å². The van der Waals surface area contributed by atoms with Crippen LogP contribution in [0.5, 0.6) is 0 Å². The van der Waals surface area contributed by atoms with Gasteiger partial charge in [-0.1, -0.05) is 32.9 Å². The van der Waals surface area contributed by atoms with Crippen LogP contribution in [0.15, 0.2) is 12.1 Å². The summed E-state index contributed by atoms with van der Waals surface area (Å²) in [4.78, 5) is 0. The second kappa shape index (κ2) is 6.51. The molecule has 0 saturated carbocycles. The van der Waals surface area contributed by atoms with Crippen molar-refractivity contribution in [1.29, 1.82) is 0 Å². The molecule has 0 spiro atoms. The van der Waals surface area contributed by atoms with E-state index >= 15 is 0 Å². The highest BCUT2D eigenvalue weighted by molar-refractivity contribution is 5.40. The molecule has 0 bridgehead atoms. The van der Waals surface area contributed by atoms with E-state index in [0.717, 1.165) is 6.54 Å². The third-order valence-corrected chi connectivity index (χ3v) is 3.45. The van der Waals surface area contributed by atoms with E-state index in [1.807, 2.05) is 0 Å². The van der Waals surface area contributed by atoms with Gasteiger partial charge in [0, 0.05) is 13.1 Å². The van der Waals surface area contributed by atoms with E-state index in [1.54, 1.807) is 0 Å². The summed E-state index contributed by atoms with van der Waals surface area (Å²) in [5.41, 5.74) is 5.33. The normalized spacial score (nSPS) is 13.6. The van der Waals surface area contributed by atoms with Crippen molar-refractivity contribution in [2.75, 3.05) is 13.2 Å². The van der Waals surface area contributed by atoms with Gasteiger partial charge in [0.25, 0.3) is 0 Å². The first kappa shape index (κ1) is 16.2. The lowest BCUT2D eigenvalue weighted by molar-refractivity contribution is 0.0942.